The molecular weight excluding hydrogens is 276 g/mol. The Balaban J connectivity index is 2.88. The Bertz CT molecular complexity index is 517. The van der Waals surface area contributed by atoms with Gasteiger partial charge < -0.3 is 10.8 Å². The SMILES string of the molecule is Cc1cc(Cl)c(N)cc1S(=O)(=O)NCCCCO. The molecule has 0 bridgehead atoms. The number of hydrogen-bond acceptors (Lipinski definition) is 4. The molecule has 0 unspecified atom stereocenters. The standard InChI is InChI=1S/C11H17ClN2O3S/c1-8-6-9(12)10(13)7-11(8)18(16,17)14-4-2-3-5-15/h6-7,14-15H,2-5,13H2,1H3. The van der Waals surface area contributed by atoms with Crippen molar-refractivity contribution in [2.24, 2.45) is 0 Å². The summed E-state index contributed by atoms with van der Waals surface area (Å²) in [4.78, 5) is 0.133. The summed E-state index contributed by atoms with van der Waals surface area (Å²) >= 11 is 5.81. The van der Waals surface area contributed by atoms with Crippen molar-refractivity contribution in [3.8, 4) is 0 Å². The highest BCUT2D eigenvalue weighted by Crippen LogP contribution is 2.25. The van der Waals surface area contributed by atoms with E-state index in [1.165, 1.54) is 12.1 Å². The van der Waals surface area contributed by atoms with Gasteiger partial charge in [0, 0.05) is 13.2 Å². The quantitative estimate of drug-likeness (QED) is 0.544. The number of hydrogen-bond donors (Lipinski definition) is 3. The van der Waals surface area contributed by atoms with E-state index >= 15 is 0 Å². The van der Waals surface area contributed by atoms with Gasteiger partial charge in [0.15, 0.2) is 0 Å². The zero-order valence-corrected chi connectivity index (χ0v) is 11.7. The van der Waals surface area contributed by atoms with Gasteiger partial charge in [0.2, 0.25) is 10.0 Å². The second-order valence-corrected chi connectivity index (χ2v) is 6.11. The molecule has 0 saturated carbocycles. The highest BCUT2D eigenvalue weighted by molar-refractivity contribution is 7.89. The average Bonchev–Trinajstić information content (AvgIpc) is 2.29. The van der Waals surface area contributed by atoms with Crippen LogP contribution in [-0.4, -0.2) is 26.7 Å². The van der Waals surface area contributed by atoms with E-state index in [0.717, 1.165) is 0 Å². The largest absolute Gasteiger partial charge is 0.397 e. The highest BCUT2D eigenvalue weighted by atomic mass is 35.5. The Labute approximate surface area is 112 Å². The maximum absolute atomic E-state index is 12.0. The number of sulfonamides is 1. The summed E-state index contributed by atoms with van der Waals surface area (Å²) in [5.74, 6) is 0. The molecule has 1 rings (SSSR count). The van der Waals surface area contributed by atoms with Gasteiger partial charge in [0.05, 0.1) is 15.6 Å². The van der Waals surface area contributed by atoms with Crippen molar-refractivity contribution in [3.63, 3.8) is 0 Å². The molecule has 0 aliphatic rings. The van der Waals surface area contributed by atoms with E-state index in [4.69, 9.17) is 22.4 Å². The fraction of sp³-hybridized carbons (Fsp3) is 0.455. The van der Waals surface area contributed by atoms with Gasteiger partial charge in [0.1, 0.15) is 0 Å². The van der Waals surface area contributed by atoms with Crippen LogP contribution >= 0.6 is 11.6 Å². The maximum atomic E-state index is 12.0. The molecule has 0 amide bonds. The number of aryl methyl sites for hydroxylation is 1. The molecule has 102 valence electrons. The fourth-order valence-corrected chi connectivity index (χ4v) is 3.03. The summed E-state index contributed by atoms with van der Waals surface area (Å²) in [7, 11) is -3.58. The molecule has 0 atom stereocenters. The van der Waals surface area contributed by atoms with Crippen LogP contribution in [0, 0.1) is 6.92 Å². The normalized spacial score (nSPS) is 11.7. The van der Waals surface area contributed by atoms with Crippen LogP contribution in [0.3, 0.4) is 0 Å². The summed E-state index contributed by atoms with van der Waals surface area (Å²) in [6.45, 7) is 1.99. The second-order valence-electron chi connectivity index (χ2n) is 3.97. The first-order chi connectivity index (χ1) is 8.38. The summed E-state index contributed by atoms with van der Waals surface area (Å²) in [5, 5.41) is 8.95. The molecule has 0 heterocycles. The van der Waals surface area contributed by atoms with Crippen LogP contribution in [0.2, 0.25) is 5.02 Å². The third kappa shape index (κ3) is 3.84. The zero-order chi connectivity index (χ0) is 13.8. The van der Waals surface area contributed by atoms with Crippen LogP contribution in [0.4, 0.5) is 5.69 Å². The van der Waals surface area contributed by atoms with Crippen LogP contribution in [0.5, 0.6) is 0 Å². The monoisotopic (exact) mass is 292 g/mol. The number of aliphatic hydroxyl groups excluding tert-OH is 1. The van der Waals surface area contributed by atoms with Gasteiger partial charge in [-0.1, -0.05) is 11.6 Å². The molecule has 0 aromatic heterocycles. The van der Waals surface area contributed by atoms with Crippen molar-refractivity contribution in [2.75, 3.05) is 18.9 Å². The first-order valence-corrected chi connectivity index (χ1v) is 7.40. The van der Waals surface area contributed by atoms with Gasteiger partial charge >= 0.3 is 0 Å². The molecule has 0 aliphatic carbocycles. The van der Waals surface area contributed by atoms with Crippen LogP contribution < -0.4 is 10.5 Å². The number of nitrogens with one attached hydrogen (secondary N) is 1. The number of anilines is 1. The van der Waals surface area contributed by atoms with Crippen molar-refractivity contribution in [2.45, 2.75) is 24.7 Å². The van der Waals surface area contributed by atoms with E-state index in [9.17, 15) is 8.42 Å². The molecule has 1 aromatic carbocycles. The predicted octanol–water partition coefficient (Wildman–Crippen LogP) is 1.28. The smallest absolute Gasteiger partial charge is 0.240 e. The van der Waals surface area contributed by atoms with Crippen molar-refractivity contribution in [1.82, 2.24) is 4.72 Å². The fourth-order valence-electron chi connectivity index (χ4n) is 1.48. The lowest BCUT2D eigenvalue weighted by atomic mass is 10.2. The molecule has 0 spiro atoms. The summed E-state index contributed by atoms with van der Waals surface area (Å²) < 4.78 is 26.5. The lowest BCUT2D eigenvalue weighted by Crippen LogP contribution is -2.25. The first-order valence-electron chi connectivity index (χ1n) is 5.54. The Kier molecular flexibility index (Phi) is 5.40. The minimum absolute atomic E-state index is 0.0502. The predicted molar refractivity (Wildman–Crippen MR) is 72.1 cm³/mol. The highest BCUT2D eigenvalue weighted by Gasteiger charge is 2.17. The summed E-state index contributed by atoms with van der Waals surface area (Å²) in [6, 6.07) is 2.88. The number of nitrogen functional groups attached to an aromatic ring is 1. The third-order valence-corrected chi connectivity index (χ3v) is 4.39. The molecule has 7 heteroatoms. The molecule has 0 saturated heterocycles. The third-order valence-electron chi connectivity index (χ3n) is 2.46. The minimum Gasteiger partial charge on any atom is -0.397 e. The van der Waals surface area contributed by atoms with Crippen LogP contribution in [0.1, 0.15) is 18.4 Å². The Hall–Kier alpha value is -0.820. The maximum Gasteiger partial charge on any atom is 0.240 e. The number of rotatable bonds is 6. The van der Waals surface area contributed by atoms with E-state index < -0.39 is 10.0 Å². The number of aliphatic hydroxyl groups is 1. The van der Waals surface area contributed by atoms with E-state index in [1.54, 1.807) is 6.92 Å². The molecule has 5 nitrogen and oxygen atoms in total. The Morgan fingerprint density at radius 3 is 2.67 bits per heavy atom. The van der Waals surface area contributed by atoms with Crippen molar-refractivity contribution in [1.29, 1.82) is 0 Å². The van der Waals surface area contributed by atoms with E-state index in [1.807, 2.05) is 0 Å². The van der Waals surface area contributed by atoms with E-state index in [-0.39, 0.29) is 23.7 Å². The van der Waals surface area contributed by atoms with Gasteiger partial charge in [-0.15, -0.1) is 0 Å². The topological polar surface area (TPSA) is 92.4 Å². The van der Waals surface area contributed by atoms with Gasteiger partial charge in [-0.25, -0.2) is 13.1 Å². The van der Waals surface area contributed by atoms with E-state index in [2.05, 4.69) is 4.72 Å². The van der Waals surface area contributed by atoms with Crippen LogP contribution in [0.15, 0.2) is 17.0 Å². The first kappa shape index (κ1) is 15.2. The zero-order valence-electron chi connectivity index (χ0n) is 10.1. The summed E-state index contributed by atoms with van der Waals surface area (Å²) in [6.07, 6.45) is 1.14. The number of nitrogens with two attached hydrogens (primary N) is 1. The number of halogens is 1. The average molecular weight is 293 g/mol. The molecule has 1 aromatic rings. The van der Waals surface area contributed by atoms with Gasteiger partial charge in [0.25, 0.3) is 0 Å². The van der Waals surface area contributed by atoms with Crippen molar-refractivity contribution >= 4 is 27.3 Å². The van der Waals surface area contributed by atoms with Gasteiger partial charge in [-0.3, -0.25) is 0 Å². The summed E-state index contributed by atoms with van der Waals surface area (Å²) in [5.41, 5.74) is 6.38. The number of benzene rings is 1. The van der Waals surface area contributed by atoms with Crippen molar-refractivity contribution in [3.05, 3.63) is 22.7 Å². The van der Waals surface area contributed by atoms with Crippen LogP contribution in [-0.2, 0) is 10.0 Å². The molecular formula is C11H17ClN2O3S. The number of unbranched alkanes of at least 4 members (excludes halogenated alkanes) is 1. The molecule has 4 N–H and O–H groups in total. The molecule has 0 radical (unpaired) electrons. The van der Waals surface area contributed by atoms with E-state index in [0.29, 0.717) is 23.4 Å². The minimum atomic E-state index is -3.58. The molecule has 0 fully saturated rings. The Morgan fingerprint density at radius 1 is 1.39 bits per heavy atom. The Morgan fingerprint density at radius 2 is 2.06 bits per heavy atom. The van der Waals surface area contributed by atoms with Gasteiger partial charge in [-0.05, 0) is 37.5 Å². The van der Waals surface area contributed by atoms with Crippen LogP contribution in [0.25, 0.3) is 0 Å². The molecule has 18 heavy (non-hydrogen) atoms. The molecule has 0 aliphatic heterocycles. The van der Waals surface area contributed by atoms with Crippen molar-refractivity contribution < 1.29 is 13.5 Å². The van der Waals surface area contributed by atoms with Gasteiger partial charge in [-0.2, -0.15) is 0 Å². The lowest BCUT2D eigenvalue weighted by molar-refractivity contribution is 0.285. The lowest BCUT2D eigenvalue weighted by Gasteiger charge is -2.10. The second kappa shape index (κ2) is 6.38.